The SMILES string of the molecule is O=C1CC(C(=O)N2CCC(O)(c3ccccc3)CC2)N(C(=O)c2ccc(-c3ccncc3)cc2)C1. The lowest BCUT2D eigenvalue weighted by atomic mass is 9.84. The maximum Gasteiger partial charge on any atom is 0.254 e. The highest BCUT2D eigenvalue weighted by Gasteiger charge is 2.43. The van der Waals surface area contributed by atoms with E-state index >= 15 is 0 Å². The van der Waals surface area contributed by atoms with Crippen LogP contribution >= 0.6 is 0 Å². The van der Waals surface area contributed by atoms with Crippen molar-refractivity contribution in [1.82, 2.24) is 14.8 Å². The number of rotatable bonds is 4. The van der Waals surface area contributed by atoms with E-state index in [2.05, 4.69) is 4.98 Å². The first-order valence-electron chi connectivity index (χ1n) is 11.8. The second-order valence-corrected chi connectivity index (χ2v) is 9.23. The zero-order valence-corrected chi connectivity index (χ0v) is 19.3. The van der Waals surface area contributed by atoms with Gasteiger partial charge in [0.2, 0.25) is 5.91 Å². The van der Waals surface area contributed by atoms with Crippen LogP contribution in [-0.4, -0.2) is 63.2 Å². The second kappa shape index (κ2) is 9.43. The van der Waals surface area contributed by atoms with Gasteiger partial charge >= 0.3 is 0 Å². The third-order valence-electron chi connectivity index (χ3n) is 7.05. The number of hydrogen-bond donors (Lipinski definition) is 1. The van der Waals surface area contributed by atoms with Gasteiger partial charge in [-0.3, -0.25) is 19.4 Å². The third-order valence-corrected chi connectivity index (χ3v) is 7.05. The number of amides is 2. The number of ketones is 1. The summed E-state index contributed by atoms with van der Waals surface area (Å²) in [6.07, 6.45) is 4.27. The lowest BCUT2D eigenvalue weighted by Crippen LogP contribution is -2.52. The predicted molar refractivity (Wildman–Crippen MR) is 130 cm³/mol. The number of benzene rings is 2. The quantitative estimate of drug-likeness (QED) is 0.634. The number of carbonyl (C=O) groups excluding carboxylic acids is 3. The van der Waals surface area contributed by atoms with Crippen LogP contribution < -0.4 is 0 Å². The van der Waals surface area contributed by atoms with Crippen molar-refractivity contribution in [3.63, 3.8) is 0 Å². The summed E-state index contributed by atoms with van der Waals surface area (Å²) in [5.74, 6) is -0.677. The Morgan fingerprint density at radius 1 is 0.886 bits per heavy atom. The first kappa shape index (κ1) is 22.9. The largest absolute Gasteiger partial charge is 0.385 e. The number of piperidine rings is 1. The lowest BCUT2D eigenvalue weighted by molar-refractivity contribution is -0.140. The fraction of sp³-hybridized carbons (Fsp3) is 0.286. The standard InChI is InChI=1S/C28H27N3O4/c32-24-18-25(27(34)30-16-12-28(35,13-17-30)23-4-2-1-3-5-23)31(19-24)26(33)22-8-6-20(7-9-22)21-10-14-29-15-11-21/h1-11,14-15,25,35H,12-13,16-19H2. The number of nitrogens with zero attached hydrogens (tertiary/aromatic N) is 3. The van der Waals surface area contributed by atoms with Crippen LogP contribution in [0, 0.1) is 0 Å². The summed E-state index contributed by atoms with van der Waals surface area (Å²) in [7, 11) is 0. The fourth-order valence-corrected chi connectivity index (χ4v) is 4.98. The maximum atomic E-state index is 13.4. The molecule has 7 heteroatoms. The van der Waals surface area contributed by atoms with Crippen molar-refractivity contribution in [2.24, 2.45) is 0 Å². The summed E-state index contributed by atoms with van der Waals surface area (Å²) in [5.41, 5.74) is 2.25. The van der Waals surface area contributed by atoms with Gasteiger partial charge in [0.05, 0.1) is 12.1 Å². The zero-order chi connectivity index (χ0) is 24.4. The summed E-state index contributed by atoms with van der Waals surface area (Å²) in [4.78, 5) is 46.0. The highest BCUT2D eigenvalue weighted by molar-refractivity contribution is 6.04. The molecular weight excluding hydrogens is 442 g/mol. The second-order valence-electron chi connectivity index (χ2n) is 9.23. The molecule has 0 aliphatic carbocycles. The Kier molecular flexibility index (Phi) is 6.17. The molecule has 2 aromatic carbocycles. The minimum atomic E-state index is -0.977. The molecule has 0 bridgehead atoms. The van der Waals surface area contributed by atoms with E-state index in [1.807, 2.05) is 54.6 Å². The van der Waals surface area contributed by atoms with Crippen LogP contribution in [0.1, 0.15) is 35.2 Å². The molecule has 1 N–H and O–H groups in total. The smallest absolute Gasteiger partial charge is 0.254 e. The molecule has 1 unspecified atom stereocenters. The molecule has 0 radical (unpaired) electrons. The summed E-state index contributed by atoms with van der Waals surface area (Å²) in [6, 6.07) is 19.6. The van der Waals surface area contributed by atoms with E-state index in [-0.39, 0.29) is 30.6 Å². The van der Waals surface area contributed by atoms with Gasteiger partial charge in [-0.2, -0.15) is 0 Å². The molecule has 3 aromatic rings. The summed E-state index contributed by atoms with van der Waals surface area (Å²) < 4.78 is 0. The summed E-state index contributed by atoms with van der Waals surface area (Å²) >= 11 is 0. The molecule has 3 heterocycles. The Morgan fingerprint density at radius 3 is 2.17 bits per heavy atom. The van der Waals surface area contributed by atoms with Crippen molar-refractivity contribution in [3.8, 4) is 11.1 Å². The van der Waals surface area contributed by atoms with Gasteiger partial charge in [-0.25, -0.2) is 0 Å². The normalized spacial score (nSPS) is 19.6. The third kappa shape index (κ3) is 4.59. The van der Waals surface area contributed by atoms with E-state index in [4.69, 9.17) is 0 Å². The molecule has 35 heavy (non-hydrogen) atoms. The highest BCUT2D eigenvalue weighted by Crippen LogP contribution is 2.33. The average Bonchev–Trinajstić information content (AvgIpc) is 3.31. The van der Waals surface area contributed by atoms with E-state index in [1.165, 1.54) is 4.90 Å². The number of Topliss-reactive ketones (excluding diaryl/α,β-unsaturated/α-hetero) is 1. The van der Waals surface area contributed by atoms with Crippen molar-refractivity contribution >= 4 is 17.6 Å². The topological polar surface area (TPSA) is 90.8 Å². The van der Waals surface area contributed by atoms with Crippen LogP contribution in [0.15, 0.2) is 79.1 Å². The van der Waals surface area contributed by atoms with Crippen LogP contribution in [0.5, 0.6) is 0 Å². The molecule has 2 fully saturated rings. The fourth-order valence-electron chi connectivity index (χ4n) is 4.98. The number of likely N-dealkylation sites (tertiary alicyclic amines) is 2. The Balaban J connectivity index is 1.28. The zero-order valence-electron chi connectivity index (χ0n) is 19.3. The monoisotopic (exact) mass is 469 g/mol. The van der Waals surface area contributed by atoms with E-state index in [9.17, 15) is 19.5 Å². The molecular formula is C28H27N3O4. The Hall–Kier alpha value is -3.84. The summed E-state index contributed by atoms with van der Waals surface area (Å²) in [5, 5.41) is 11.1. The molecule has 2 amide bonds. The van der Waals surface area contributed by atoms with Crippen LogP contribution in [-0.2, 0) is 15.2 Å². The Morgan fingerprint density at radius 2 is 1.51 bits per heavy atom. The minimum absolute atomic E-state index is 0.0269. The van der Waals surface area contributed by atoms with Crippen LogP contribution in [0.4, 0.5) is 0 Å². The molecule has 1 atom stereocenters. The van der Waals surface area contributed by atoms with Crippen molar-refractivity contribution in [3.05, 3.63) is 90.3 Å². The van der Waals surface area contributed by atoms with Crippen molar-refractivity contribution in [1.29, 1.82) is 0 Å². The number of aromatic nitrogens is 1. The van der Waals surface area contributed by atoms with Crippen molar-refractivity contribution in [2.75, 3.05) is 19.6 Å². The van der Waals surface area contributed by atoms with Crippen LogP contribution in [0.25, 0.3) is 11.1 Å². The van der Waals surface area contributed by atoms with E-state index in [1.54, 1.807) is 29.4 Å². The van der Waals surface area contributed by atoms with Gasteiger partial charge in [-0.05, 0) is 53.8 Å². The van der Waals surface area contributed by atoms with Gasteiger partial charge in [0.15, 0.2) is 5.78 Å². The first-order valence-corrected chi connectivity index (χ1v) is 11.8. The molecule has 2 aliphatic heterocycles. The molecule has 2 saturated heterocycles. The Bertz CT molecular complexity index is 1220. The van der Waals surface area contributed by atoms with Gasteiger partial charge in [0.25, 0.3) is 5.91 Å². The lowest BCUT2D eigenvalue weighted by Gasteiger charge is -2.40. The minimum Gasteiger partial charge on any atom is -0.385 e. The number of carbonyl (C=O) groups is 3. The summed E-state index contributed by atoms with van der Waals surface area (Å²) in [6.45, 7) is 0.679. The van der Waals surface area contributed by atoms with E-state index in [0.717, 1.165) is 16.7 Å². The van der Waals surface area contributed by atoms with Gasteiger partial charge in [-0.1, -0.05) is 42.5 Å². The van der Waals surface area contributed by atoms with Gasteiger partial charge in [0.1, 0.15) is 6.04 Å². The van der Waals surface area contributed by atoms with Gasteiger partial charge in [0, 0.05) is 37.5 Å². The Labute approximate surface area is 204 Å². The average molecular weight is 470 g/mol. The van der Waals surface area contributed by atoms with Crippen LogP contribution in [0.2, 0.25) is 0 Å². The van der Waals surface area contributed by atoms with E-state index < -0.39 is 11.6 Å². The van der Waals surface area contributed by atoms with Crippen molar-refractivity contribution < 1.29 is 19.5 Å². The molecule has 5 rings (SSSR count). The maximum absolute atomic E-state index is 13.4. The van der Waals surface area contributed by atoms with Gasteiger partial charge < -0.3 is 14.9 Å². The molecule has 0 saturated carbocycles. The van der Waals surface area contributed by atoms with Crippen LogP contribution in [0.3, 0.4) is 0 Å². The molecule has 0 spiro atoms. The first-order chi connectivity index (χ1) is 16.9. The highest BCUT2D eigenvalue weighted by atomic mass is 16.3. The molecule has 178 valence electrons. The molecule has 2 aliphatic rings. The number of pyridine rings is 1. The number of aliphatic hydroxyl groups is 1. The molecule has 1 aromatic heterocycles. The van der Waals surface area contributed by atoms with Crippen molar-refractivity contribution in [2.45, 2.75) is 30.9 Å². The molecule has 7 nitrogen and oxygen atoms in total. The van der Waals surface area contributed by atoms with E-state index in [0.29, 0.717) is 31.5 Å². The number of hydrogen-bond acceptors (Lipinski definition) is 5. The predicted octanol–water partition coefficient (Wildman–Crippen LogP) is 3.04. The van der Waals surface area contributed by atoms with Gasteiger partial charge in [-0.15, -0.1) is 0 Å².